The van der Waals surface area contributed by atoms with Crippen molar-refractivity contribution in [2.24, 2.45) is 5.92 Å². The molecule has 1 N–H and O–H groups in total. The molecule has 0 bridgehead atoms. The average Bonchev–Trinajstić information content (AvgIpc) is 2.20. The maximum absolute atomic E-state index is 11.3. The van der Waals surface area contributed by atoms with Gasteiger partial charge in [0.25, 0.3) is 0 Å². The van der Waals surface area contributed by atoms with E-state index in [2.05, 4.69) is 24.9 Å². The lowest BCUT2D eigenvalue weighted by molar-refractivity contribution is -0.121. The quantitative estimate of drug-likeness (QED) is 0.763. The molecule has 0 saturated heterocycles. The van der Waals surface area contributed by atoms with Gasteiger partial charge in [0.05, 0.1) is 18.2 Å². The summed E-state index contributed by atoms with van der Waals surface area (Å²) in [6.07, 6.45) is 5.04. The summed E-state index contributed by atoms with van der Waals surface area (Å²) in [4.78, 5) is 11.3. The van der Waals surface area contributed by atoms with Crippen molar-refractivity contribution in [2.75, 3.05) is 0 Å². The van der Waals surface area contributed by atoms with Gasteiger partial charge >= 0.3 is 0 Å². The third kappa shape index (κ3) is 4.00. The van der Waals surface area contributed by atoms with E-state index >= 15 is 0 Å². The van der Waals surface area contributed by atoms with Gasteiger partial charge < -0.3 is 10.1 Å². The van der Waals surface area contributed by atoms with Gasteiger partial charge in [0.1, 0.15) is 0 Å². The van der Waals surface area contributed by atoms with Crippen molar-refractivity contribution in [3.8, 4) is 0 Å². The Bertz CT molecular complexity index is 320. The SMILES string of the molecule is C=C[C@@H]1CC(C)=C[C@@H](OC(C)C)[C@@H]1NC(C)=O. The molecule has 0 saturated carbocycles. The Kier molecular flexibility index (Phi) is 4.94. The fourth-order valence-corrected chi connectivity index (χ4v) is 2.29. The van der Waals surface area contributed by atoms with Gasteiger partial charge in [0.2, 0.25) is 5.91 Å². The highest BCUT2D eigenvalue weighted by atomic mass is 16.5. The van der Waals surface area contributed by atoms with Crippen LogP contribution in [-0.2, 0) is 9.53 Å². The van der Waals surface area contributed by atoms with Gasteiger partial charge in [-0.05, 0) is 27.2 Å². The molecule has 0 aromatic carbocycles. The molecule has 0 spiro atoms. The Morgan fingerprint density at radius 1 is 1.65 bits per heavy atom. The minimum Gasteiger partial charge on any atom is -0.369 e. The van der Waals surface area contributed by atoms with E-state index in [-0.39, 0.29) is 30.1 Å². The summed E-state index contributed by atoms with van der Waals surface area (Å²) >= 11 is 0. The zero-order chi connectivity index (χ0) is 13.0. The standard InChI is InChI=1S/C14H23NO2/c1-6-12-7-10(4)8-13(17-9(2)3)14(12)15-11(5)16/h6,8-9,12-14H,1,7H2,2-5H3,(H,15,16)/t12-,13-,14-/m1/s1. The Balaban J connectivity index is 2.89. The van der Waals surface area contributed by atoms with Gasteiger partial charge in [-0.15, -0.1) is 6.58 Å². The van der Waals surface area contributed by atoms with Crippen LogP contribution in [0.15, 0.2) is 24.3 Å². The van der Waals surface area contributed by atoms with Crippen molar-refractivity contribution < 1.29 is 9.53 Å². The molecule has 0 aliphatic heterocycles. The van der Waals surface area contributed by atoms with Gasteiger partial charge in [-0.25, -0.2) is 0 Å². The van der Waals surface area contributed by atoms with E-state index in [1.54, 1.807) is 0 Å². The topological polar surface area (TPSA) is 38.3 Å². The summed E-state index contributed by atoms with van der Waals surface area (Å²) in [6, 6.07) is -0.00361. The molecule has 0 aromatic rings. The van der Waals surface area contributed by atoms with Crippen molar-refractivity contribution in [2.45, 2.75) is 52.4 Å². The Morgan fingerprint density at radius 2 is 2.29 bits per heavy atom. The lowest BCUT2D eigenvalue weighted by Crippen LogP contribution is -2.49. The third-order valence-electron chi connectivity index (χ3n) is 2.92. The average molecular weight is 237 g/mol. The second-order valence-corrected chi connectivity index (χ2v) is 4.99. The van der Waals surface area contributed by atoms with Crippen LogP contribution in [0, 0.1) is 5.92 Å². The van der Waals surface area contributed by atoms with Crippen LogP contribution in [0.4, 0.5) is 0 Å². The first-order valence-electron chi connectivity index (χ1n) is 6.16. The summed E-state index contributed by atoms with van der Waals surface area (Å²) in [5, 5.41) is 2.98. The molecule has 0 unspecified atom stereocenters. The second kappa shape index (κ2) is 6.01. The number of hydrogen-bond donors (Lipinski definition) is 1. The van der Waals surface area contributed by atoms with Crippen molar-refractivity contribution in [1.29, 1.82) is 0 Å². The first kappa shape index (κ1) is 14.0. The fourth-order valence-electron chi connectivity index (χ4n) is 2.29. The first-order valence-corrected chi connectivity index (χ1v) is 6.16. The number of carbonyl (C=O) groups excluding carboxylic acids is 1. The summed E-state index contributed by atoms with van der Waals surface area (Å²) in [5.41, 5.74) is 1.29. The molecule has 0 aromatic heterocycles. The molecule has 17 heavy (non-hydrogen) atoms. The third-order valence-corrected chi connectivity index (χ3v) is 2.92. The Hall–Kier alpha value is -1.09. The molecule has 0 radical (unpaired) electrons. The van der Waals surface area contributed by atoms with E-state index in [9.17, 15) is 4.79 Å². The van der Waals surface area contributed by atoms with E-state index < -0.39 is 0 Å². The summed E-state index contributed by atoms with van der Waals surface area (Å²) in [5.74, 6) is 0.222. The van der Waals surface area contributed by atoms with Crippen LogP contribution in [0.5, 0.6) is 0 Å². The molecule has 1 amide bonds. The van der Waals surface area contributed by atoms with Crippen molar-refractivity contribution in [3.05, 3.63) is 24.3 Å². The van der Waals surface area contributed by atoms with Crippen LogP contribution in [0.2, 0.25) is 0 Å². The summed E-state index contributed by atoms with van der Waals surface area (Å²) < 4.78 is 5.87. The Labute approximate surface area is 104 Å². The largest absolute Gasteiger partial charge is 0.369 e. The molecule has 3 atom stereocenters. The molecule has 0 heterocycles. The molecule has 1 aliphatic carbocycles. The van der Waals surface area contributed by atoms with Crippen molar-refractivity contribution in [1.82, 2.24) is 5.32 Å². The lowest BCUT2D eigenvalue weighted by Gasteiger charge is -2.36. The summed E-state index contributed by atoms with van der Waals surface area (Å²) in [6.45, 7) is 11.5. The van der Waals surface area contributed by atoms with E-state index in [0.29, 0.717) is 0 Å². The van der Waals surface area contributed by atoms with E-state index in [1.165, 1.54) is 12.5 Å². The van der Waals surface area contributed by atoms with Crippen LogP contribution < -0.4 is 5.32 Å². The van der Waals surface area contributed by atoms with E-state index in [1.807, 2.05) is 19.9 Å². The molecular formula is C14H23NO2. The predicted molar refractivity (Wildman–Crippen MR) is 69.7 cm³/mol. The molecule has 96 valence electrons. The molecule has 3 nitrogen and oxygen atoms in total. The fraction of sp³-hybridized carbons (Fsp3) is 0.643. The molecular weight excluding hydrogens is 214 g/mol. The maximum Gasteiger partial charge on any atom is 0.217 e. The number of allylic oxidation sites excluding steroid dienone is 1. The van der Waals surface area contributed by atoms with Gasteiger partial charge in [-0.3, -0.25) is 4.79 Å². The van der Waals surface area contributed by atoms with Crippen molar-refractivity contribution in [3.63, 3.8) is 0 Å². The van der Waals surface area contributed by atoms with E-state index in [0.717, 1.165) is 6.42 Å². The van der Waals surface area contributed by atoms with Crippen LogP contribution in [-0.4, -0.2) is 24.2 Å². The number of ether oxygens (including phenoxy) is 1. The minimum absolute atomic E-state index is 0.00361. The number of hydrogen-bond acceptors (Lipinski definition) is 2. The number of amides is 1. The highest BCUT2D eigenvalue weighted by molar-refractivity contribution is 5.73. The van der Waals surface area contributed by atoms with Crippen LogP contribution in [0.1, 0.15) is 34.1 Å². The van der Waals surface area contributed by atoms with Crippen LogP contribution >= 0.6 is 0 Å². The minimum atomic E-state index is -0.0596. The predicted octanol–water partition coefficient (Wildman–Crippen LogP) is 2.44. The maximum atomic E-state index is 11.3. The zero-order valence-electron chi connectivity index (χ0n) is 11.2. The van der Waals surface area contributed by atoms with Crippen LogP contribution in [0.3, 0.4) is 0 Å². The van der Waals surface area contributed by atoms with E-state index in [4.69, 9.17) is 4.74 Å². The lowest BCUT2D eigenvalue weighted by atomic mass is 9.83. The monoisotopic (exact) mass is 237 g/mol. The van der Waals surface area contributed by atoms with Gasteiger partial charge in [-0.2, -0.15) is 0 Å². The second-order valence-electron chi connectivity index (χ2n) is 4.99. The molecule has 0 fully saturated rings. The normalized spacial score (nSPS) is 28.8. The number of nitrogens with one attached hydrogen (secondary N) is 1. The van der Waals surface area contributed by atoms with Crippen LogP contribution in [0.25, 0.3) is 0 Å². The van der Waals surface area contributed by atoms with Gasteiger partial charge in [0, 0.05) is 12.8 Å². The first-order chi connectivity index (χ1) is 7.93. The highest BCUT2D eigenvalue weighted by Gasteiger charge is 2.32. The molecule has 3 heteroatoms. The zero-order valence-corrected chi connectivity index (χ0v) is 11.2. The molecule has 1 rings (SSSR count). The molecule has 1 aliphatic rings. The highest BCUT2D eigenvalue weighted by Crippen LogP contribution is 2.27. The van der Waals surface area contributed by atoms with Gasteiger partial charge in [-0.1, -0.05) is 17.7 Å². The number of rotatable bonds is 4. The smallest absolute Gasteiger partial charge is 0.217 e. The number of carbonyl (C=O) groups is 1. The summed E-state index contributed by atoms with van der Waals surface area (Å²) in [7, 11) is 0. The Morgan fingerprint density at radius 3 is 2.76 bits per heavy atom. The van der Waals surface area contributed by atoms with Gasteiger partial charge in [0.15, 0.2) is 0 Å². The van der Waals surface area contributed by atoms with Crippen molar-refractivity contribution >= 4 is 5.91 Å².